The van der Waals surface area contributed by atoms with Gasteiger partial charge in [-0.05, 0) is 32.2 Å². The van der Waals surface area contributed by atoms with Crippen LogP contribution in [0.1, 0.15) is 32.1 Å². The van der Waals surface area contributed by atoms with Gasteiger partial charge in [-0.1, -0.05) is 6.42 Å². The fraction of sp³-hybridized carbons (Fsp3) is 0.692. The van der Waals surface area contributed by atoms with Gasteiger partial charge in [0.05, 0.1) is 0 Å². The Morgan fingerprint density at radius 3 is 2.83 bits per heavy atom. The molecule has 3 N–H and O–H groups in total. The Hall–Kier alpha value is -1.36. The van der Waals surface area contributed by atoms with E-state index in [4.69, 9.17) is 0 Å². The first-order valence-corrected chi connectivity index (χ1v) is 6.96. The zero-order chi connectivity index (χ0) is 12.2. The average Bonchev–Trinajstić information content (AvgIpc) is 3.22. The fourth-order valence-corrected chi connectivity index (χ4v) is 2.30. The Morgan fingerprint density at radius 1 is 1.17 bits per heavy atom. The second-order valence-corrected chi connectivity index (χ2v) is 5.23. The summed E-state index contributed by atoms with van der Waals surface area (Å²) in [7, 11) is 0. The van der Waals surface area contributed by atoms with Gasteiger partial charge in [0.25, 0.3) is 0 Å². The minimum absolute atomic E-state index is 0.577. The molecule has 0 bridgehead atoms. The van der Waals surface area contributed by atoms with Gasteiger partial charge in [0.2, 0.25) is 0 Å². The predicted molar refractivity (Wildman–Crippen MR) is 72.8 cm³/mol. The Labute approximate surface area is 108 Å². The van der Waals surface area contributed by atoms with E-state index in [9.17, 15) is 0 Å². The van der Waals surface area contributed by atoms with Gasteiger partial charge >= 0.3 is 0 Å². The molecule has 98 valence electrons. The van der Waals surface area contributed by atoms with E-state index >= 15 is 0 Å². The highest BCUT2D eigenvalue weighted by Crippen LogP contribution is 2.24. The molecule has 0 radical (unpaired) electrons. The molecular weight excluding hydrogens is 226 g/mol. The van der Waals surface area contributed by atoms with Crippen LogP contribution in [0.25, 0.3) is 0 Å². The van der Waals surface area contributed by atoms with Crippen LogP contribution in [0, 0.1) is 0 Å². The molecular formula is C13H21N5. The summed E-state index contributed by atoms with van der Waals surface area (Å²) in [5, 5.41) is 10.3. The highest BCUT2D eigenvalue weighted by Gasteiger charge is 2.21. The maximum absolute atomic E-state index is 4.26. The van der Waals surface area contributed by atoms with Crippen LogP contribution in [0.2, 0.25) is 0 Å². The van der Waals surface area contributed by atoms with E-state index in [1.165, 1.54) is 32.1 Å². The Morgan fingerprint density at radius 2 is 2.06 bits per heavy atom. The Bertz CT molecular complexity index is 385. The van der Waals surface area contributed by atoms with Crippen LogP contribution in [0.4, 0.5) is 11.6 Å². The molecule has 0 spiro atoms. The van der Waals surface area contributed by atoms with E-state index in [-0.39, 0.29) is 0 Å². The van der Waals surface area contributed by atoms with Gasteiger partial charge in [-0.3, -0.25) is 0 Å². The van der Waals surface area contributed by atoms with E-state index < -0.39 is 0 Å². The number of hydrogen-bond acceptors (Lipinski definition) is 5. The third-order valence-corrected chi connectivity index (χ3v) is 3.54. The van der Waals surface area contributed by atoms with Crippen molar-refractivity contribution in [2.75, 3.05) is 23.7 Å². The summed E-state index contributed by atoms with van der Waals surface area (Å²) in [6, 6.07) is 3.21. The van der Waals surface area contributed by atoms with Gasteiger partial charge in [-0.2, -0.15) is 0 Å². The lowest BCUT2D eigenvalue weighted by Crippen LogP contribution is -2.39. The first-order chi connectivity index (χ1) is 8.90. The fourth-order valence-electron chi connectivity index (χ4n) is 2.30. The van der Waals surface area contributed by atoms with Gasteiger partial charge in [0, 0.05) is 24.7 Å². The van der Waals surface area contributed by atoms with Crippen molar-refractivity contribution in [3.8, 4) is 0 Å². The molecule has 1 aliphatic heterocycles. The average molecular weight is 247 g/mol. The summed E-state index contributed by atoms with van der Waals surface area (Å²) in [6.07, 6.45) is 8.04. The van der Waals surface area contributed by atoms with Crippen molar-refractivity contribution in [2.45, 2.75) is 44.2 Å². The van der Waals surface area contributed by atoms with Crippen LogP contribution >= 0.6 is 0 Å². The van der Waals surface area contributed by atoms with Gasteiger partial charge in [-0.25, -0.2) is 9.97 Å². The van der Waals surface area contributed by atoms with Crippen LogP contribution in [0.3, 0.4) is 0 Å². The maximum atomic E-state index is 4.26. The number of nitrogens with one attached hydrogen (secondary N) is 3. The van der Waals surface area contributed by atoms with Crippen LogP contribution in [0.5, 0.6) is 0 Å². The molecule has 3 rings (SSSR count). The molecule has 5 nitrogen and oxygen atoms in total. The van der Waals surface area contributed by atoms with E-state index in [2.05, 4.69) is 25.9 Å². The summed E-state index contributed by atoms with van der Waals surface area (Å²) >= 11 is 0. The lowest BCUT2D eigenvalue weighted by atomic mass is 10.1. The molecule has 18 heavy (non-hydrogen) atoms. The number of piperidine rings is 1. The number of rotatable bonds is 5. The third-order valence-electron chi connectivity index (χ3n) is 3.54. The molecule has 2 fully saturated rings. The van der Waals surface area contributed by atoms with E-state index in [1.807, 2.05) is 6.07 Å². The van der Waals surface area contributed by atoms with Gasteiger partial charge in [0.1, 0.15) is 18.0 Å². The number of hydrogen-bond donors (Lipinski definition) is 3. The van der Waals surface area contributed by atoms with Gasteiger partial charge < -0.3 is 16.0 Å². The van der Waals surface area contributed by atoms with Crippen molar-refractivity contribution < 1.29 is 0 Å². The molecule has 0 unspecified atom stereocenters. The van der Waals surface area contributed by atoms with E-state index in [0.717, 1.165) is 24.7 Å². The number of anilines is 2. The SMILES string of the molecule is c1nc(NC[C@@H]2CCCCN2)cc(NC2CC2)n1. The molecule has 2 heterocycles. The van der Waals surface area contributed by atoms with Crippen molar-refractivity contribution in [1.82, 2.24) is 15.3 Å². The van der Waals surface area contributed by atoms with E-state index in [1.54, 1.807) is 6.33 Å². The smallest absolute Gasteiger partial charge is 0.131 e. The minimum atomic E-state index is 0.577. The van der Waals surface area contributed by atoms with Crippen LogP contribution in [-0.2, 0) is 0 Å². The first-order valence-electron chi connectivity index (χ1n) is 6.96. The van der Waals surface area contributed by atoms with Crippen LogP contribution in [-0.4, -0.2) is 35.1 Å². The number of aromatic nitrogens is 2. The zero-order valence-corrected chi connectivity index (χ0v) is 10.7. The summed E-state index contributed by atoms with van der Waals surface area (Å²) in [5.41, 5.74) is 0. The molecule has 1 aromatic heterocycles. The van der Waals surface area contributed by atoms with Crippen molar-refractivity contribution in [2.24, 2.45) is 0 Å². The Kier molecular flexibility index (Phi) is 3.59. The second kappa shape index (κ2) is 5.52. The topological polar surface area (TPSA) is 61.9 Å². The van der Waals surface area contributed by atoms with Crippen molar-refractivity contribution >= 4 is 11.6 Å². The van der Waals surface area contributed by atoms with Crippen LogP contribution < -0.4 is 16.0 Å². The molecule has 0 aromatic carbocycles. The van der Waals surface area contributed by atoms with Gasteiger partial charge in [0.15, 0.2) is 0 Å². The van der Waals surface area contributed by atoms with Crippen molar-refractivity contribution in [3.05, 3.63) is 12.4 Å². The van der Waals surface area contributed by atoms with E-state index in [0.29, 0.717) is 12.1 Å². The molecule has 0 amide bonds. The highest BCUT2D eigenvalue weighted by atomic mass is 15.1. The molecule has 1 saturated heterocycles. The molecule has 2 aliphatic rings. The lowest BCUT2D eigenvalue weighted by molar-refractivity contribution is 0.414. The predicted octanol–water partition coefficient (Wildman–Crippen LogP) is 1.60. The summed E-state index contributed by atoms with van der Waals surface area (Å²) in [4.78, 5) is 8.50. The molecule has 5 heteroatoms. The normalized spacial score (nSPS) is 23.7. The minimum Gasteiger partial charge on any atom is -0.368 e. The lowest BCUT2D eigenvalue weighted by Gasteiger charge is -2.23. The third kappa shape index (κ3) is 3.32. The van der Waals surface area contributed by atoms with Gasteiger partial charge in [-0.15, -0.1) is 0 Å². The second-order valence-electron chi connectivity index (χ2n) is 5.23. The standard InChI is InChI=1S/C13H21N5/c1-2-6-14-11(3-1)8-15-12-7-13(17-9-16-12)18-10-4-5-10/h7,9-11,14H,1-6,8H2,(H2,15,16,17,18)/t11-/m0/s1. The van der Waals surface area contributed by atoms with Crippen molar-refractivity contribution in [1.29, 1.82) is 0 Å². The summed E-state index contributed by atoms with van der Waals surface area (Å²) < 4.78 is 0. The van der Waals surface area contributed by atoms with Crippen LogP contribution in [0.15, 0.2) is 12.4 Å². The van der Waals surface area contributed by atoms with Crippen molar-refractivity contribution in [3.63, 3.8) is 0 Å². The monoisotopic (exact) mass is 247 g/mol. The highest BCUT2D eigenvalue weighted by molar-refractivity contribution is 5.47. The first kappa shape index (κ1) is 11.7. The largest absolute Gasteiger partial charge is 0.368 e. The molecule has 1 atom stereocenters. The quantitative estimate of drug-likeness (QED) is 0.738. The molecule has 1 aromatic rings. The Balaban J connectivity index is 1.51. The zero-order valence-electron chi connectivity index (χ0n) is 10.7. The summed E-state index contributed by atoms with van der Waals surface area (Å²) in [6.45, 7) is 2.09. The molecule has 1 saturated carbocycles. The maximum Gasteiger partial charge on any atom is 0.131 e. The summed E-state index contributed by atoms with van der Waals surface area (Å²) in [5.74, 6) is 1.85. The molecule has 1 aliphatic carbocycles. The number of nitrogens with zero attached hydrogens (tertiary/aromatic N) is 2.